The lowest BCUT2D eigenvalue weighted by atomic mass is 9.33. The molecule has 3 aliphatic rings. The Labute approximate surface area is 274 Å². The van der Waals surface area contributed by atoms with Crippen LogP contribution < -0.4 is 35.8 Å². The summed E-state index contributed by atoms with van der Waals surface area (Å²) in [6.07, 6.45) is 0. The van der Waals surface area contributed by atoms with Crippen molar-refractivity contribution < 1.29 is 4.74 Å². The Morgan fingerprint density at radius 3 is 1.21 bits per heavy atom. The van der Waals surface area contributed by atoms with Crippen LogP contribution in [0, 0.1) is 0 Å². The predicted octanol–water partition coefficient (Wildman–Crippen LogP) is 9.34. The Balaban J connectivity index is 1.34. The lowest BCUT2D eigenvalue weighted by molar-refractivity contribution is 0.477. The monoisotopic (exact) mass is 601 g/mol. The molecule has 220 valence electrons. The molecule has 47 heavy (non-hydrogen) atoms. The standard InChI is InChI=1S/C42H28BN3O/c1-3-15-29(16-4-1)44-34-21-9-7-19-32(34)43-33-20-8-10-22-35(33)45(30-17-5-2-6-18-30)39-28-31(27-38(44)42(39)43)46-36-23-11-13-25-40(36)47-41-26-14-12-24-37(41)46/h1-28H. The van der Waals surface area contributed by atoms with Crippen LogP contribution in [0.3, 0.4) is 0 Å². The second-order valence-corrected chi connectivity index (χ2v) is 12.2. The molecule has 4 nitrogen and oxygen atoms in total. The second kappa shape index (κ2) is 10.2. The molecular weight excluding hydrogens is 573 g/mol. The molecule has 0 saturated carbocycles. The summed E-state index contributed by atoms with van der Waals surface area (Å²) in [6, 6.07) is 60.7. The fraction of sp³-hybridized carbons (Fsp3) is 0. The van der Waals surface area contributed by atoms with Gasteiger partial charge in [-0.05, 0) is 89.2 Å². The zero-order chi connectivity index (χ0) is 30.9. The Bertz CT molecular complexity index is 2170. The van der Waals surface area contributed by atoms with Crippen molar-refractivity contribution in [1.82, 2.24) is 0 Å². The molecule has 10 rings (SSSR count). The number of rotatable bonds is 3. The normalized spacial score (nSPS) is 13.5. The number of fused-ring (bicyclic) bond motifs is 6. The minimum absolute atomic E-state index is 0.0747. The third-order valence-corrected chi connectivity index (χ3v) is 9.59. The summed E-state index contributed by atoms with van der Waals surface area (Å²) in [6.45, 7) is 0.0747. The molecule has 0 bridgehead atoms. The van der Waals surface area contributed by atoms with Crippen molar-refractivity contribution in [3.63, 3.8) is 0 Å². The van der Waals surface area contributed by atoms with Gasteiger partial charge in [-0.1, -0.05) is 97.1 Å². The molecule has 0 radical (unpaired) electrons. The van der Waals surface area contributed by atoms with Crippen molar-refractivity contribution >= 4 is 74.3 Å². The van der Waals surface area contributed by atoms with Gasteiger partial charge in [0.2, 0.25) is 0 Å². The van der Waals surface area contributed by atoms with Crippen LogP contribution in [0.4, 0.5) is 51.2 Å². The van der Waals surface area contributed by atoms with Gasteiger partial charge >= 0.3 is 0 Å². The first-order valence-corrected chi connectivity index (χ1v) is 16.1. The smallest absolute Gasteiger partial charge is 0.252 e. The lowest BCUT2D eigenvalue weighted by Crippen LogP contribution is -2.61. The van der Waals surface area contributed by atoms with Crippen molar-refractivity contribution in [2.24, 2.45) is 0 Å². The lowest BCUT2D eigenvalue weighted by Gasteiger charge is -2.45. The molecule has 0 spiro atoms. The fourth-order valence-corrected chi connectivity index (χ4v) is 7.71. The number of ether oxygens (including phenoxy) is 1. The Morgan fingerprint density at radius 1 is 0.340 bits per heavy atom. The van der Waals surface area contributed by atoms with Crippen LogP contribution in [-0.4, -0.2) is 6.71 Å². The van der Waals surface area contributed by atoms with E-state index >= 15 is 0 Å². The van der Waals surface area contributed by atoms with E-state index in [1.165, 1.54) is 39.1 Å². The first-order chi connectivity index (χ1) is 23.3. The van der Waals surface area contributed by atoms with Gasteiger partial charge in [-0.15, -0.1) is 0 Å². The zero-order valence-electron chi connectivity index (χ0n) is 25.5. The SMILES string of the molecule is c1ccc(N2c3ccccc3B3c4ccccc4N(c4ccccc4)c4cc(N5c6ccccc6Oc6ccccc65)cc2c43)cc1. The van der Waals surface area contributed by atoms with Crippen LogP contribution in [0.1, 0.15) is 0 Å². The van der Waals surface area contributed by atoms with E-state index in [1.54, 1.807) is 0 Å². The highest BCUT2D eigenvalue weighted by Crippen LogP contribution is 2.53. The molecule has 7 aromatic rings. The van der Waals surface area contributed by atoms with Crippen LogP contribution in [0.2, 0.25) is 0 Å². The van der Waals surface area contributed by atoms with Gasteiger partial charge in [-0.3, -0.25) is 0 Å². The van der Waals surface area contributed by atoms with Crippen molar-refractivity contribution in [2.45, 2.75) is 0 Å². The molecule has 0 fully saturated rings. The molecule has 3 heterocycles. The molecule has 0 amide bonds. The number of benzene rings is 7. The number of anilines is 9. The maximum atomic E-state index is 6.44. The molecule has 0 unspecified atom stereocenters. The van der Waals surface area contributed by atoms with Crippen LogP contribution in [-0.2, 0) is 0 Å². The predicted molar refractivity (Wildman–Crippen MR) is 195 cm³/mol. The number of para-hydroxylation sites is 8. The largest absolute Gasteiger partial charge is 0.453 e. The van der Waals surface area contributed by atoms with E-state index in [1.807, 2.05) is 12.1 Å². The van der Waals surface area contributed by atoms with Crippen LogP contribution >= 0.6 is 0 Å². The topological polar surface area (TPSA) is 19.0 Å². The van der Waals surface area contributed by atoms with Crippen LogP contribution in [0.5, 0.6) is 11.5 Å². The molecule has 0 N–H and O–H groups in total. The molecule has 0 aromatic heterocycles. The Kier molecular flexibility index (Phi) is 5.63. The zero-order valence-corrected chi connectivity index (χ0v) is 25.5. The van der Waals surface area contributed by atoms with Crippen molar-refractivity contribution in [1.29, 1.82) is 0 Å². The summed E-state index contributed by atoms with van der Waals surface area (Å²) in [4.78, 5) is 7.25. The maximum absolute atomic E-state index is 6.44. The number of hydrogen-bond donors (Lipinski definition) is 0. The van der Waals surface area contributed by atoms with E-state index in [9.17, 15) is 0 Å². The van der Waals surface area contributed by atoms with E-state index in [4.69, 9.17) is 4.74 Å². The molecule has 0 atom stereocenters. The molecule has 0 saturated heterocycles. The summed E-state index contributed by atoms with van der Waals surface area (Å²) in [7, 11) is 0. The highest BCUT2D eigenvalue weighted by molar-refractivity contribution is 7.00. The van der Waals surface area contributed by atoms with E-state index < -0.39 is 0 Å². The van der Waals surface area contributed by atoms with Gasteiger partial charge in [-0.2, -0.15) is 0 Å². The first-order valence-electron chi connectivity index (χ1n) is 16.1. The summed E-state index contributed by atoms with van der Waals surface area (Å²) in [5.74, 6) is 1.68. The van der Waals surface area contributed by atoms with Gasteiger partial charge in [0.05, 0.1) is 17.1 Å². The third kappa shape index (κ3) is 3.83. The van der Waals surface area contributed by atoms with Crippen molar-refractivity contribution in [3.8, 4) is 11.5 Å². The third-order valence-electron chi connectivity index (χ3n) is 9.59. The first kappa shape index (κ1) is 26.1. The van der Waals surface area contributed by atoms with E-state index in [0.29, 0.717) is 0 Å². The summed E-state index contributed by atoms with van der Waals surface area (Å²) in [5.41, 5.74) is 14.0. The molecule has 5 heteroatoms. The van der Waals surface area contributed by atoms with E-state index in [-0.39, 0.29) is 6.71 Å². The summed E-state index contributed by atoms with van der Waals surface area (Å²) >= 11 is 0. The summed E-state index contributed by atoms with van der Waals surface area (Å²) in [5, 5.41) is 0. The highest BCUT2D eigenvalue weighted by Gasteiger charge is 2.44. The average molecular weight is 602 g/mol. The quantitative estimate of drug-likeness (QED) is 0.188. The van der Waals surface area contributed by atoms with Gasteiger partial charge in [0.25, 0.3) is 6.71 Å². The minimum Gasteiger partial charge on any atom is -0.453 e. The van der Waals surface area contributed by atoms with Gasteiger partial charge in [0, 0.05) is 34.1 Å². The molecule has 0 aliphatic carbocycles. The second-order valence-electron chi connectivity index (χ2n) is 12.2. The average Bonchev–Trinajstić information content (AvgIpc) is 3.14. The molecule has 3 aliphatic heterocycles. The minimum atomic E-state index is 0.0747. The Hall–Kier alpha value is -6.20. The van der Waals surface area contributed by atoms with Crippen molar-refractivity contribution in [2.75, 3.05) is 14.7 Å². The number of hydrogen-bond acceptors (Lipinski definition) is 4. The van der Waals surface area contributed by atoms with Gasteiger partial charge < -0.3 is 19.4 Å². The van der Waals surface area contributed by atoms with E-state index in [0.717, 1.165) is 39.9 Å². The van der Waals surface area contributed by atoms with E-state index in [2.05, 4.69) is 172 Å². The van der Waals surface area contributed by atoms with Crippen LogP contribution in [0.25, 0.3) is 0 Å². The van der Waals surface area contributed by atoms with Crippen LogP contribution in [0.15, 0.2) is 170 Å². The highest BCUT2D eigenvalue weighted by atomic mass is 16.5. The number of nitrogens with zero attached hydrogens (tertiary/aromatic N) is 3. The maximum Gasteiger partial charge on any atom is 0.252 e. The van der Waals surface area contributed by atoms with Gasteiger partial charge in [0.1, 0.15) is 0 Å². The van der Waals surface area contributed by atoms with Gasteiger partial charge in [0.15, 0.2) is 11.5 Å². The molecular formula is C42H28BN3O. The van der Waals surface area contributed by atoms with Crippen molar-refractivity contribution in [3.05, 3.63) is 170 Å². The summed E-state index contributed by atoms with van der Waals surface area (Å²) < 4.78 is 6.44. The fourth-order valence-electron chi connectivity index (χ4n) is 7.71. The molecule has 7 aromatic carbocycles. The Morgan fingerprint density at radius 2 is 0.723 bits per heavy atom. The van der Waals surface area contributed by atoms with Gasteiger partial charge in [-0.25, -0.2) is 0 Å².